The van der Waals surface area contributed by atoms with Crippen molar-refractivity contribution in [3.63, 3.8) is 0 Å². The fraction of sp³-hybridized carbons (Fsp3) is 0.174. The van der Waals surface area contributed by atoms with Gasteiger partial charge in [-0.25, -0.2) is 28.1 Å². The molecule has 0 atom stereocenters. The van der Waals surface area contributed by atoms with Gasteiger partial charge in [0.2, 0.25) is 11.9 Å². The fourth-order valence-corrected chi connectivity index (χ4v) is 3.85. The number of halogens is 3. The number of aromatic nitrogens is 6. The zero-order valence-electron chi connectivity index (χ0n) is 18.3. The molecule has 12 heteroatoms. The standard InChI is InChI=1S/C23H18ClF2N7O2/c1-13-20-16(21(25)26)9-17(18-3-2-8-35-18)28-22(20)33(30-13)11-19(34)29-23-27-12-32(31-23)10-14-4-6-15(24)7-5-14/h2-9,12,21H,10-11H2,1H3,(H,29,31,34). The molecule has 0 saturated heterocycles. The Hall–Kier alpha value is -4.12. The van der Waals surface area contributed by atoms with Crippen LogP contribution in [-0.4, -0.2) is 35.4 Å². The van der Waals surface area contributed by atoms with Crippen molar-refractivity contribution in [2.24, 2.45) is 0 Å². The maximum atomic E-state index is 13.8. The molecule has 0 unspecified atom stereocenters. The number of anilines is 1. The molecule has 178 valence electrons. The highest BCUT2D eigenvalue weighted by molar-refractivity contribution is 6.30. The first-order valence-corrected chi connectivity index (χ1v) is 10.9. The summed E-state index contributed by atoms with van der Waals surface area (Å²) in [4.78, 5) is 21.3. The Bertz CT molecular complexity index is 1490. The molecule has 0 aliphatic rings. The van der Waals surface area contributed by atoms with Crippen LogP contribution in [0, 0.1) is 6.92 Å². The van der Waals surface area contributed by atoms with Gasteiger partial charge in [0.25, 0.3) is 6.43 Å². The maximum absolute atomic E-state index is 13.8. The summed E-state index contributed by atoms with van der Waals surface area (Å²) in [6.45, 7) is 1.77. The Morgan fingerprint density at radius 1 is 1.20 bits per heavy atom. The highest BCUT2D eigenvalue weighted by atomic mass is 35.5. The summed E-state index contributed by atoms with van der Waals surface area (Å²) in [5.41, 5.74) is 1.45. The van der Waals surface area contributed by atoms with E-state index in [1.807, 2.05) is 12.1 Å². The van der Waals surface area contributed by atoms with E-state index in [2.05, 4.69) is 25.5 Å². The molecule has 0 radical (unpaired) electrons. The molecule has 0 aliphatic heterocycles. The lowest BCUT2D eigenvalue weighted by atomic mass is 10.1. The molecule has 0 aliphatic carbocycles. The molecule has 0 saturated carbocycles. The third kappa shape index (κ3) is 4.76. The number of benzene rings is 1. The Morgan fingerprint density at radius 3 is 2.71 bits per heavy atom. The van der Waals surface area contributed by atoms with Gasteiger partial charge in [0, 0.05) is 10.6 Å². The molecule has 0 spiro atoms. The molecule has 1 N–H and O–H groups in total. The molecule has 4 heterocycles. The Labute approximate surface area is 202 Å². The van der Waals surface area contributed by atoms with Gasteiger partial charge >= 0.3 is 0 Å². The van der Waals surface area contributed by atoms with Crippen LogP contribution in [-0.2, 0) is 17.9 Å². The van der Waals surface area contributed by atoms with Crippen LogP contribution in [0.15, 0.2) is 59.5 Å². The number of fused-ring (bicyclic) bond motifs is 1. The second kappa shape index (κ2) is 9.26. The minimum atomic E-state index is -2.76. The average Bonchev–Trinajstić information content (AvgIpc) is 3.57. The van der Waals surface area contributed by atoms with Crippen molar-refractivity contribution in [1.82, 2.24) is 29.5 Å². The second-order valence-corrected chi connectivity index (χ2v) is 8.19. The van der Waals surface area contributed by atoms with Gasteiger partial charge in [0.05, 0.1) is 23.9 Å². The minimum Gasteiger partial charge on any atom is -0.463 e. The Morgan fingerprint density at radius 2 is 2.00 bits per heavy atom. The molecule has 4 aromatic heterocycles. The van der Waals surface area contributed by atoms with Crippen molar-refractivity contribution < 1.29 is 18.0 Å². The number of nitrogens with one attached hydrogen (secondary N) is 1. The number of nitrogens with zero attached hydrogens (tertiary/aromatic N) is 6. The van der Waals surface area contributed by atoms with E-state index in [-0.39, 0.29) is 34.8 Å². The van der Waals surface area contributed by atoms with E-state index in [9.17, 15) is 13.6 Å². The summed E-state index contributed by atoms with van der Waals surface area (Å²) in [6.07, 6.45) is 0.162. The SMILES string of the molecule is Cc1nn(CC(=O)Nc2ncn(Cc3ccc(Cl)cc3)n2)c2nc(-c3ccco3)cc(C(F)F)c12. The smallest absolute Gasteiger partial charge is 0.264 e. The Balaban J connectivity index is 1.37. The first kappa shape index (κ1) is 22.7. The van der Waals surface area contributed by atoms with Crippen molar-refractivity contribution in [2.75, 3.05) is 5.32 Å². The number of hydrogen-bond donors (Lipinski definition) is 1. The van der Waals surface area contributed by atoms with Gasteiger partial charge in [-0.3, -0.25) is 10.1 Å². The van der Waals surface area contributed by atoms with Crippen molar-refractivity contribution in [1.29, 1.82) is 0 Å². The molecule has 0 fully saturated rings. The van der Waals surface area contributed by atoms with Gasteiger partial charge in [0.15, 0.2) is 11.4 Å². The second-order valence-electron chi connectivity index (χ2n) is 7.76. The number of alkyl halides is 2. The third-order valence-corrected chi connectivity index (χ3v) is 5.51. The fourth-order valence-electron chi connectivity index (χ4n) is 3.72. The molecular weight excluding hydrogens is 480 g/mol. The van der Waals surface area contributed by atoms with E-state index < -0.39 is 12.3 Å². The summed E-state index contributed by atoms with van der Waals surface area (Å²) in [6, 6.07) is 11.8. The van der Waals surface area contributed by atoms with Gasteiger partial charge in [-0.15, -0.1) is 5.10 Å². The highest BCUT2D eigenvalue weighted by Gasteiger charge is 2.22. The summed E-state index contributed by atoms with van der Waals surface area (Å²) in [7, 11) is 0. The Kier molecular flexibility index (Phi) is 6.00. The minimum absolute atomic E-state index is 0.106. The molecule has 35 heavy (non-hydrogen) atoms. The van der Waals surface area contributed by atoms with Crippen LogP contribution in [0.3, 0.4) is 0 Å². The van der Waals surface area contributed by atoms with E-state index in [0.29, 0.717) is 23.0 Å². The van der Waals surface area contributed by atoms with Gasteiger partial charge in [-0.1, -0.05) is 23.7 Å². The molecule has 5 rings (SSSR count). The first-order valence-electron chi connectivity index (χ1n) is 10.5. The average molecular weight is 498 g/mol. The van der Waals surface area contributed by atoms with E-state index >= 15 is 0 Å². The lowest BCUT2D eigenvalue weighted by molar-refractivity contribution is -0.116. The number of furan rings is 1. The van der Waals surface area contributed by atoms with Gasteiger partial charge in [-0.2, -0.15) is 5.10 Å². The van der Waals surface area contributed by atoms with Crippen LogP contribution in [0.4, 0.5) is 14.7 Å². The number of amides is 1. The number of carbonyl (C=O) groups is 1. The van der Waals surface area contributed by atoms with Crippen molar-refractivity contribution >= 4 is 34.5 Å². The topological polar surface area (TPSA) is 104 Å². The summed E-state index contributed by atoms with van der Waals surface area (Å²) < 4.78 is 35.8. The van der Waals surface area contributed by atoms with E-state index in [0.717, 1.165) is 5.56 Å². The number of carbonyl (C=O) groups excluding carboxylic acids is 1. The summed E-state index contributed by atoms with van der Waals surface area (Å²) in [5, 5.41) is 12.0. The molecular formula is C23H18ClF2N7O2. The molecule has 5 aromatic rings. The first-order chi connectivity index (χ1) is 16.9. The number of rotatable bonds is 7. The molecule has 1 aromatic carbocycles. The molecule has 1 amide bonds. The summed E-state index contributed by atoms with van der Waals surface area (Å²) >= 11 is 5.90. The van der Waals surface area contributed by atoms with Gasteiger partial charge < -0.3 is 4.42 Å². The predicted octanol–water partition coefficient (Wildman–Crippen LogP) is 4.87. The molecule has 9 nitrogen and oxygen atoms in total. The normalized spacial score (nSPS) is 11.5. The lowest BCUT2D eigenvalue weighted by Gasteiger charge is -2.07. The van der Waals surface area contributed by atoms with Gasteiger partial charge in [0.1, 0.15) is 18.6 Å². The molecule has 0 bridgehead atoms. The van der Waals surface area contributed by atoms with E-state index in [1.165, 1.54) is 23.3 Å². The van der Waals surface area contributed by atoms with Crippen LogP contribution >= 0.6 is 11.6 Å². The van der Waals surface area contributed by atoms with Crippen molar-refractivity contribution in [3.05, 3.63) is 76.9 Å². The van der Waals surface area contributed by atoms with Crippen LogP contribution in [0.5, 0.6) is 0 Å². The van der Waals surface area contributed by atoms with Crippen LogP contribution in [0.1, 0.15) is 23.2 Å². The van der Waals surface area contributed by atoms with Crippen molar-refractivity contribution in [3.8, 4) is 11.5 Å². The third-order valence-electron chi connectivity index (χ3n) is 5.26. The number of aryl methyl sites for hydroxylation is 1. The van der Waals surface area contributed by atoms with E-state index in [1.54, 1.807) is 35.9 Å². The highest BCUT2D eigenvalue weighted by Crippen LogP contribution is 2.33. The van der Waals surface area contributed by atoms with Crippen LogP contribution in [0.2, 0.25) is 5.02 Å². The van der Waals surface area contributed by atoms with Crippen LogP contribution < -0.4 is 5.32 Å². The number of hydrogen-bond acceptors (Lipinski definition) is 6. The predicted molar refractivity (Wildman–Crippen MR) is 124 cm³/mol. The van der Waals surface area contributed by atoms with E-state index in [4.69, 9.17) is 16.0 Å². The quantitative estimate of drug-likeness (QED) is 0.344. The monoisotopic (exact) mass is 497 g/mol. The van der Waals surface area contributed by atoms with Gasteiger partial charge in [-0.05, 0) is 42.8 Å². The van der Waals surface area contributed by atoms with Crippen LogP contribution in [0.25, 0.3) is 22.5 Å². The summed E-state index contributed by atoms with van der Waals surface area (Å²) in [5.74, 6) is -0.0452. The number of pyridine rings is 1. The maximum Gasteiger partial charge on any atom is 0.264 e. The lowest BCUT2D eigenvalue weighted by Crippen LogP contribution is -2.20. The zero-order valence-corrected chi connectivity index (χ0v) is 19.1. The largest absolute Gasteiger partial charge is 0.463 e. The zero-order chi connectivity index (χ0) is 24.5. The van der Waals surface area contributed by atoms with Crippen molar-refractivity contribution in [2.45, 2.75) is 26.4 Å².